The van der Waals surface area contributed by atoms with Crippen LogP contribution in [0.3, 0.4) is 0 Å². The van der Waals surface area contributed by atoms with Crippen LogP contribution in [0.15, 0.2) is 24.3 Å². The van der Waals surface area contributed by atoms with E-state index < -0.39 is 0 Å². The SMILES string of the molecule is CC(=O)N(CCC(=O)NCc1ccc(C)cc1)CC(C)C. The Hall–Kier alpha value is -1.84. The van der Waals surface area contributed by atoms with Crippen molar-refractivity contribution in [2.24, 2.45) is 5.92 Å². The van der Waals surface area contributed by atoms with Crippen LogP contribution in [0.5, 0.6) is 0 Å². The van der Waals surface area contributed by atoms with E-state index in [1.54, 1.807) is 11.8 Å². The Bertz CT molecular complexity index is 466. The van der Waals surface area contributed by atoms with Crippen LogP contribution in [0, 0.1) is 12.8 Å². The lowest BCUT2D eigenvalue weighted by molar-refractivity contribution is -0.130. The minimum Gasteiger partial charge on any atom is -0.352 e. The second-order valence-corrected chi connectivity index (χ2v) is 5.87. The zero-order valence-electron chi connectivity index (χ0n) is 13.5. The molecule has 21 heavy (non-hydrogen) atoms. The van der Waals surface area contributed by atoms with Gasteiger partial charge in [0.15, 0.2) is 0 Å². The van der Waals surface area contributed by atoms with E-state index in [1.165, 1.54) is 5.56 Å². The number of hydrogen-bond acceptors (Lipinski definition) is 2. The van der Waals surface area contributed by atoms with E-state index in [0.29, 0.717) is 32.0 Å². The summed E-state index contributed by atoms with van der Waals surface area (Å²) >= 11 is 0. The molecule has 0 atom stereocenters. The van der Waals surface area contributed by atoms with E-state index in [4.69, 9.17) is 0 Å². The molecule has 1 aromatic carbocycles. The number of benzene rings is 1. The minimum absolute atomic E-state index is 0.0226. The van der Waals surface area contributed by atoms with Gasteiger partial charge >= 0.3 is 0 Å². The molecule has 0 heterocycles. The number of nitrogens with zero attached hydrogens (tertiary/aromatic N) is 1. The molecule has 4 heteroatoms. The molecule has 0 fully saturated rings. The van der Waals surface area contributed by atoms with Crippen LogP contribution < -0.4 is 5.32 Å². The number of carbonyl (C=O) groups is 2. The second kappa shape index (κ2) is 8.45. The molecule has 0 aromatic heterocycles. The largest absolute Gasteiger partial charge is 0.352 e. The molecule has 1 aromatic rings. The normalized spacial score (nSPS) is 10.5. The van der Waals surface area contributed by atoms with Gasteiger partial charge in [0.1, 0.15) is 0 Å². The highest BCUT2D eigenvalue weighted by molar-refractivity contribution is 5.78. The summed E-state index contributed by atoms with van der Waals surface area (Å²) in [5, 5.41) is 2.89. The van der Waals surface area contributed by atoms with Gasteiger partial charge in [-0.2, -0.15) is 0 Å². The molecule has 1 rings (SSSR count). The fourth-order valence-corrected chi connectivity index (χ4v) is 2.05. The highest BCUT2D eigenvalue weighted by atomic mass is 16.2. The van der Waals surface area contributed by atoms with E-state index in [0.717, 1.165) is 5.56 Å². The maximum absolute atomic E-state index is 11.8. The van der Waals surface area contributed by atoms with Crippen molar-refractivity contribution in [2.75, 3.05) is 13.1 Å². The average Bonchev–Trinajstić information content (AvgIpc) is 2.42. The summed E-state index contributed by atoms with van der Waals surface area (Å²) in [4.78, 5) is 25.1. The maximum Gasteiger partial charge on any atom is 0.222 e. The molecule has 0 spiro atoms. The predicted octanol–water partition coefficient (Wildman–Crippen LogP) is 2.51. The van der Waals surface area contributed by atoms with Crippen molar-refractivity contribution in [1.82, 2.24) is 10.2 Å². The highest BCUT2D eigenvalue weighted by Crippen LogP contribution is 2.03. The zero-order valence-corrected chi connectivity index (χ0v) is 13.5. The molecule has 0 aliphatic rings. The summed E-state index contributed by atoms with van der Waals surface area (Å²) < 4.78 is 0. The molecular weight excluding hydrogens is 264 g/mol. The van der Waals surface area contributed by atoms with Crippen molar-refractivity contribution in [3.05, 3.63) is 35.4 Å². The molecule has 0 saturated heterocycles. The van der Waals surface area contributed by atoms with Gasteiger partial charge in [-0.3, -0.25) is 9.59 Å². The quantitative estimate of drug-likeness (QED) is 0.839. The van der Waals surface area contributed by atoms with Gasteiger partial charge in [-0.25, -0.2) is 0 Å². The summed E-state index contributed by atoms with van der Waals surface area (Å²) in [6, 6.07) is 8.08. The fourth-order valence-electron chi connectivity index (χ4n) is 2.05. The first-order valence-corrected chi connectivity index (χ1v) is 7.46. The predicted molar refractivity (Wildman–Crippen MR) is 84.7 cm³/mol. The number of amides is 2. The lowest BCUT2D eigenvalue weighted by Gasteiger charge is -2.22. The Morgan fingerprint density at radius 1 is 1.19 bits per heavy atom. The number of aryl methyl sites for hydroxylation is 1. The average molecular weight is 290 g/mol. The molecule has 0 unspecified atom stereocenters. The topological polar surface area (TPSA) is 49.4 Å². The van der Waals surface area contributed by atoms with E-state index in [9.17, 15) is 9.59 Å². The first-order chi connectivity index (χ1) is 9.88. The third kappa shape index (κ3) is 6.93. The molecule has 0 saturated carbocycles. The van der Waals surface area contributed by atoms with Gasteiger partial charge in [0.2, 0.25) is 11.8 Å². The number of nitrogens with one attached hydrogen (secondary N) is 1. The summed E-state index contributed by atoms with van der Waals surface area (Å²) in [5.74, 6) is 0.408. The van der Waals surface area contributed by atoms with E-state index in [-0.39, 0.29) is 11.8 Å². The maximum atomic E-state index is 11.8. The van der Waals surface area contributed by atoms with Gasteiger partial charge in [-0.05, 0) is 18.4 Å². The van der Waals surface area contributed by atoms with Crippen LogP contribution in [0.2, 0.25) is 0 Å². The van der Waals surface area contributed by atoms with Gasteiger partial charge in [0.25, 0.3) is 0 Å². The van der Waals surface area contributed by atoms with E-state index in [1.807, 2.05) is 31.2 Å². The lowest BCUT2D eigenvalue weighted by Crippen LogP contribution is -2.36. The van der Waals surface area contributed by atoms with Gasteiger partial charge in [0, 0.05) is 33.0 Å². The monoisotopic (exact) mass is 290 g/mol. The first-order valence-electron chi connectivity index (χ1n) is 7.46. The first kappa shape index (κ1) is 17.2. The second-order valence-electron chi connectivity index (χ2n) is 5.87. The van der Waals surface area contributed by atoms with E-state index >= 15 is 0 Å². The summed E-state index contributed by atoms with van der Waals surface area (Å²) in [6.07, 6.45) is 0.345. The molecular formula is C17H26N2O2. The summed E-state index contributed by atoms with van der Waals surface area (Å²) in [6.45, 7) is 9.41. The fraction of sp³-hybridized carbons (Fsp3) is 0.529. The summed E-state index contributed by atoms with van der Waals surface area (Å²) in [7, 11) is 0. The van der Waals surface area contributed by atoms with Crippen molar-refractivity contribution < 1.29 is 9.59 Å². The van der Waals surface area contributed by atoms with Crippen LogP contribution in [0.4, 0.5) is 0 Å². The highest BCUT2D eigenvalue weighted by Gasteiger charge is 2.12. The van der Waals surface area contributed by atoms with Gasteiger partial charge < -0.3 is 10.2 Å². The molecule has 4 nitrogen and oxygen atoms in total. The third-order valence-electron chi connectivity index (χ3n) is 3.25. The van der Waals surface area contributed by atoms with Crippen molar-refractivity contribution in [1.29, 1.82) is 0 Å². The third-order valence-corrected chi connectivity index (χ3v) is 3.25. The minimum atomic E-state index is -0.0226. The molecule has 0 aliphatic carbocycles. The van der Waals surface area contributed by atoms with Crippen LogP contribution >= 0.6 is 0 Å². The molecule has 0 aliphatic heterocycles. The van der Waals surface area contributed by atoms with Crippen LogP contribution in [-0.2, 0) is 16.1 Å². The van der Waals surface area contributed by atoms with Gasteiger partial charge in [0.05, 0.1) is 0 Å². The van der Waals surface area contributed by atoms with Crippen molar-refractivity contribution in [2.45, 2.75) is 40.7 Å². The Morgan fingerprint density at radius 3 is 2.33 bits per heavy atom. The zero-order chi connectivity index (χ0) is 15.8. The lowest BCUT2D eigenvalue weighted by atomic mass is 10.1. The van der Waals surface area contributed by atoms with Crippen LogP contribution in [0.1, 0.15) is 38.3 Å². The van der Waals surface area contributed by atoms with Crippen molar-refractivity contribution in [3.8, 4) is 0 Å². The van der Waals surface area contributed by atoms with Crippen molar-refractivity contribution in [3.63, 3.8) is 0 Å². The Morgan fingerprint density at radius 2 is 1.81 bits per heavy atom. The Kier molecular flexibility index (Phi) is 6.92. The molecule has 0 radical (unpaired) electrons. The molecule has 2 amide bonds. The molecule has 1 N–H and O–H groups in total. The Labute approximate surface area is 127 Å². The van der Waals surface area contributed by atoms with Crippen LogP contribution in [-0.4, -0.2) is 29.8 Å². The Balaban J connectivity index is 2.35. The van der Waals surface area contributed by atoms with Crippen LogP contribution in [0.25, 0.3) is 0 Å². The van der Waals surface area contributed by atoms with E-state index in [2.05, 4.69) is 19.2 Å². The summed E-state index contributed by atoms with van der Waals surface area (Å²) in [5.41, 5.74) is 2.29. The van der Waals surface area contributed by atoms with Gasteiger partial charge in [-0.1, -0.05) is 43.7 Å². The number of carbonyl (C=O) groups excluding carboxylic acids is 2. The molecule has 0 bridgehead atoms. The molecule has 116 valence electrons. The number of hydrogen-bond donors (Lipinski definition) is 1. The number of rotatable bonds is 7. The standard InChI is InChI=1S/C17H26N2O2/c1-13(2)12-19(15(4)20)10-9-17(21)18-11-16-7-5-14(3)6-8-16/h5-8,13H,9-12H2,1-4H3,(H,18,21). The smallest absolute Gasteiger partial charge is 0.222 e. The van der Waals surface area contributed by atoms with Gasteiger partial charge in [-0.15, -0.1) is 0 Å². The van der Waals surface area contributed by atoms with Crippen molar-refractivity contribution >= 4 is 11.8 Å².